The van der Waals surface area contributed by atoms with Crippen molar-refractivity contribution in [2.24, 2.45) is 0 Å². The third-order valence-corrected chi connectivity index (χ3v) is 3.58. The smallest absolute Gasteiger partial charge is 0.0107 e. The van der Waals surface area contributed by atoms with Crippen LogP contribution in [0.15, 0.2) is 36.4 Å². The molecule has 1 unspecified atom stereocenters. The van der Waals surface area contributed by atoms with E-state index in [1.807, 2.05) is 0 Å². The highest BCUT2D eigenvalue weighted by atomic mass is 14.9. The molecule has 1 atom stereocenters. The van der Waals surface area contributed by atoms with Gasteiger partial charge in [-0.05, 0) is 51.1 Å². The molecule has 0 aliphatic carbocycles. The average molecular weight is 259 g/mol. The van der Waals surface area contributed by atoms with Gasteiger partial charge in [0, 0.05) is 6.04 Å². The first kappa shape index (κ1) is 16.0. The molecule has 0 radical (unpaired) electrons. The van der Waals surface area contributed by atoms with E-state index < -0.39 is 0 Å². The van der Waals surface area contributed by atoms with Gasteiger partial charge in [0.25, 0.3) is 0 Å². The molecular formula is C18H29N. The molecule has 0 amide bonds. The van der Waals surface area contributed by atoms with Crippen LogP contribution in [0.25, 0.3) is 0 Å². The third-order valence-electron chi connectivity index (χ3n) is 3.58. The SMILES string of the molecule is C=C(CC)CC(CCc1cccc(C)c1)NCCC. The van der Waals surface area contributed by atoms with Crippen LogP contribution in [0.4, 0.5) is 0 Å². The molecule has 0 fully saturated rings. The van der Waals surface area contributed by atoms with Gasteiger partial charge in [0.15, 0.2) is 0 Å². The summed E-state index contributed by atoms with van der Waals surface area (Å²) in [6, 6.07) is 9.43. The fourth-order valence-electron chi connectivity index (χ4n) is 2.33. The molecule has 0 aliphatic heterocycles. The van der Waals surface area contributed by atoms with Crippen molar-refractivity contribution in [2.75, 3.05) is 6.54 Å². The Hall–Kier alpha value is -1.08. The monoisotopic (exact) mass is 259 g/mol. The zero-order valence-corrected chi connectivity index (χ0v) is 12.8. The van der Waals surface area contributed by atoms with Crippen molar-refractivity contribution >= 4 is 0 Å². The summed E-state index contributed by atoms with van der Waals surface area (Å²) < 4.78 is 0. The number of hydrogen-bond acceptors (Lipinski definition) is 1. The van der Waals surface area contributed by atoms with Crippen LogP contribution in [0, 0.1) is 6.92 Å². The third kappa shape index (κ3) is 6.58. The zero-order chi connectivity index (χ0) is 14.1. The van der Waals surface area contributed by atoms with Gasteiger partial charge in [0.05, 0.1) is 0 Å². The van der Waals surface area contributed by atoms with E-state index in [1.54, 1.807) is 0 Å². The van der Waals surface area contributed by atoms with Crippen molar-refractivity contribution in [3.05, 3.63) is 47.5 Å². The second-order valence-electron chi connectivity index (χ2n) is 5.49. The number of rotatable bonds is 9. The van der Waals surface area contributed by atoms with Gasteiger partial charge < -0.3 is 5.32 Å². The predicted molar refractivity (Wildman–Crippen MR) is 85.6 cm³/mol. The van der Waals surface area contributed by atoms with Crippen LogP contribution >= 0.6 is 0 Å². The molecule has 1 rings (SSSR count). The molecule has 0 saturated carbocycles. The highest BCUT2D eigenvalue weighted by molar-refractivity contribution is 5.22. The molecule has 0 saturated heterocycles. The molecule has 0 aromatic heterocycles. The van der Waals surface area contributed by atoms with Crippen LogP contribution in [0.3, 0.4) is 0 Å². The summed E-state index contributed by atoms with van der Waals surface area (Å²) in [7, 11) is 0. The lowest BCUT2D eigenvalue weighted by Gasteiger charge is -2.19. The Balaban J connectivity index is 2.49. The van der Waals surface area contributed by atoms with Crippen molar-refractivity contribution in [3.63, 3.8) is 0 Å². The van der Waals surface area contributed by atoms with Crippen molar-refractivity contribution in [2.45, 2.75) is 58.9 Å². The maximum absolute atomic E-state index is 4.15. The second kappa shape index (κ2) is 8.92. The molecule has 0 aliphatic rings. The fourth-order valence-corrected chi connectivity index (χ4v) is 2.33. The first-order valence-electron chi connectivity index (χ1n) is 7.61. The second-order valence-corrected chi connectivity index (χ2v) is 5.49. The van der Waals surface area contributed by atoms with Gasteiger partial charge in [-0.3, -0.25) is 0 Å². The molecule has 1 nitrogen and oxygen atoms in total. The van der Waals surface area contributed by atoms with Crippen LogP contribution in [0.5, 0.6) is 0 Å². The van der Waals surface area contributed by atoms with Crippen LogP contribution in [0.1, 0.15) is 50.7 Å². The van der Waals surface area contributed by atoms with E-state index in [2.05, 4.69) is 56.9 Å². The quantitative estimate of drug-likeness (QED) is 0.636. The molecule has 1 aromatic rings. The molecule has 0 heterocycles. The van der Waals surface area contributed by atoms with E-state index in [0.717, 1.165) is 25.8 Å². The molecule has 19 heavy (non-hydrogen) atoms. The van der Waals surface area contributed by atoms with E-state index in [9.17, 15) is 0 Å². The normalized spacial score (nSPS) is 12.4. The Morgan fingerprint density at radius 2 is 2.11 bits per heavy atom. The Kier molecular flexibility index (Phi) is 7.50. The molecule has 0 spiro atoms. The van der Waals surface area contributed by atoms with E-state index in [0.29, 0.717) is 6.04 Å². The molecule has 1 aromatic carbocycles. The molecule has 106 valence electrons. The van der Waals surface area contributed by atoms with Gasteiger partial charge in [-0.25, -0.2) is 0 Å². The summed E-state index contributed by atoms with van der Waals surface area (Å²) in [6.07, 6.45) is 5.75. The molecule has 0 bridgehead atoms. The number of aryl methyl sites for hydroxylation is 2. The lowest BCUT2D eigenvalue weighted by molar-refractivity contribution is 0.473. The lowest BCUT2D eigenvalue weighted by Crippen LogP contribution is -2.30. The standard InChI is InChI=1S/C18H29N/c1-5-12-19-18(14-15(3)6-2)11-10-17-9-7-8-16(4)13-17/h7-9,13,18-19H,3,5-6,10-12,14H2,1-2,4H3. The Morgan fingerprint density at radius 1 is 1.32 bits per heavy atom. The fraction of sp³-hybridized carbons (Fsp3) is 0.556. The van der Waals surface area contributed by atoms with E-state index in [1.165, 1.54) is 29.5 Å². The van der Waals surface area contributed by atoms with Gasteiger partial charge in [0.1, 0.15) is 0 Å². The number of nitrogens with one attached hydrogen (secondary N) is 1. The summed E-state index contributed by atoms with van der Waals surface area (Å²) in [5.41, 5.74) is 4.16. The molecule has 1 heteroatoms. The first-order chi connectivity index (χ1) is 9.15. The largest absolute Gasteiger partial charge is 0.314 e. The Labute approximate surface area is 119 Å². The highest BCUT2D eigenvalue weighted by Crippen LogP contribution is 2.14. The first-order valence-corrected chi connectivity index (χ1v) is 7.61. The number of benzene rings is 1. The van der Waals surface area contributed by atoms with Gasteiger partial charge in [-0.15, -0.1) is 0 Å². The van der Waals surface area contributed by atoms with Gasteiger partial charge in [-0.2, -0.15) is 0 Å². The topological polar surface area (TPSA) is 12.0 Å². The molecule has 1 N–H and O–H groups in total. The van der Waals surface area contributed by atoms with Gasteiger partial charge in [-0.1, -0.05) is 55.8 Å². The van der Waals surface area contributed by atoms with Crippen LogP contribution in [-0.4, -0.2) is 12.6 Å². The van der Waals surface area contributed by atoms with Crippen molar-refractivity contribution < 1.29 is 0 Å². The zero-order valence-electron chi connectivity index (χ0n) is 12.8. The maximum Gasteiger partial charge on any atom is 0.0107 e. The minimum Gasteiger partial charge on any atom is -0.314 e. The predicted octanol–water partition coefficient (Wildman–Crippen LogP) is 4.65. The maximum atomic E-state index is 4.15. The number of hydrogen-bond donors (Lipinski definition) is 1. The lowest BCUT2D eigenvalue weighted by atomic mass is 9.98. The summed E-state index contributed by atoms with van der Waals surface area (Å²) in [4.78, 5) is 0. The summed E-state index contributed by atoms with van der Waals surface area (Å²) >= 11 is 0. The summed E-state index contributed by atoms with van der Waals surface area (Å²) in [6.45, 7) is 11.8. The summed E-state index contributed by atoms with van der Waals surface area (Å²) in [5.74, 6) is 0. The summed E-state index contributed by atoms with van der Waals surface area (Å²) in [5, 5.41) is 3.66. The Bertz CT molecular complexity index is 381. The van der Waals surface area contributed by atoms with Crippen LogP contribution < -0.4 is 5.32 Å². The highest BCUT2D eigenvalue weighted by Gasteiger charge is 2.09. The van der Waals surface area contributed by atoms with Crippen molar-refractivity contribution in [3.8, 4) is 0 Å². The van der Waals surface area contributed by atoms with Gasteiger partial charge in [0.2, 0.25) is 0 Å². The van der Waals surface area contributed by atoms with E-state index in [4.69, 9.17) is 0 Å². The van der Waals surface area contributed by atoms with Crippen LogP contribution in [-0.2, 0) is 6.42 Å². The Morgan fingerprint density at radius 3 is 2.74 bits per heavy atom. The van der Waals surface area contributed by atoms with Crippen LogP contribution in [0.2, 0.25) is 0 Å². The minimum atomic E-state index is 0.577. The minimum absolute atomic E-state index is 0.577. The van der Waals surface area contributed by atoms with E-state index >= 15 is 0 Å². The molecular weight excluding hydrogens is 230 g/mol. The van der Waals surface area contributed by atoms with Crippen molar-refractivity contribution in [1.82, 2.24) is 5.32 Å². The van der Waals surface area contributed by atoms with Crippen molar-refractivity contribution in [1.29, 1.82) is 0 Å². The van der Waals surface area contributed by atoms with E-state index in [-0.39, 0.29) is 0 Å². The average Bonchev–Trinajstić information content (AvgIpc) is 2.41. The van der Waals surface area contributed by atoms with Gasteiger partial charge >= 0.3 is 0 Å².